The van der Waals surface area contributed by atoms with Gasteiger partial charge < -0.3 is 4.57 Å². The number of rotatable bonds is 1. The number of hydrogen-bond donors (Lipinski definition) is 0. The third kappa shape index (κ3) is 1.96. The van der Waals surface area contributed by atoms with Crippen LogP contribution in [0.4, 0.5) is 0 Å². The van der Waals surface area contributed by atoms with Crippen molar-refractivity contribution in [3.63, 3.8) is 0 Å². The maximum absolute atomic E-state index is 2.46. The first-order valence-corrected chi connectivity index (χ1v) is 9.51. The fourth-order valence-corrected chi connectivity index (χ4v) is 4.84. The highest BCUT2D eigenvalue weighted by molar-refractivity contribution is 6.98. The van der Waals surface area contributed by atoms with E-state index in [0.29, 0.717) is 0 Å². The van der Waals surface area contributed by atoms with Crippen LogP contribution in [0.25, 0.3) is 27.5 Å². The average Bonchev–Trinajstić information content (AvgIpc) is 3.05. The SMILES string of the molecule is Cc1cccc(B2c3ccccc3-n3c4ccccc4c4cccc2c43)c1. The Balaban J connectivity index is 1.83. The average molecular weight is 343 g/mol. The molecular formula is C25H18BN. The highest BCUT2D eigenvalue weighted by atomic mass is 15.0. The molecule has 2 heterocycles. The van der Waals surface area contributed by atoms with Gasteiger partial charge >= 0.3 is 0 Å². The van der Waals surface area contributed by atoms with Crippen molar-refractivity contribution < 1.29 is 0 Å². The second kappa shape index (κ2) is 5.37. The number of para-hydroxylation sites is 3. The van der Waals surface area contributed by atoms with Gasteiger partial charge in [0, 0.05) is 22.0 Å². The molecule has 0 radical (unpaired) electrons. The van der Waals surface area contributed by atoms with E-state index in [1.165, 1.54) is 49.4 Å². The predicted octanol–water partition coefficient (Wildman–Crippen LogP) is 3.92. The van der Waals surface area contributed by atoms with E-state index >= 15 is 0 Å². The van der Waals surface area contributed by atoms with Gasteiger partial charge in [-0.3, -0.25) is 0 Å². The Morgan fingerprint density at radius 1 is 0.667 bits per heavy atom. The molecular weight excluding hydrogens is 325 g/mol. The third-order valence-corrected chi connectivity index (χ3v) is 5.90. The summed E-state index contributed by atoms with van der Waals surface area (Å²) in [4.78, 5) is 0. The van der Waals surface area contributed by atoms with Gasteiger partial charge in [-0.1, -0.05) is 89.9 Å². The fraction of sp³-hybridized carbons (Fsp3) is 0.0400. The van der Waals surface area contributed by atoms with Crippen molar-refractivity contribution in [2.45, 2.75) is 6.92 Å². The van der Waals surface area contributed by atoms with E-state index in [-0.39, 0.29) is 6.71 Å². The fourth-order valence-electron chi connectivity index (χ4n) is 4.84. The van der Waals surface area contributed by atoms with E-state index in [0.717, 1.165) is 0 Å². The lowest BCUT2D eigenvalue weighted by atomic mass is 9.35. The third-order valence-electron chi connectivity index (χ3n) is 5.90. The predicted molar refractivity (Wildman–Crippen MR) is 117 cm³/mol. The smallest absolute Gasteiger partial charge is 0.246 e. The van der Waals surface area contributed by atoms with Crippen LogP contribution in [0.5, 0.6) is 0 Å². The molecule has 4 aromatic carbocycles. The Hall–Kier alpha value is -3.26. The van der Waals surface area contributed by atoms with Gasteiger partial charge in [-0.15, -0.1) is 0 Å². The molecule has 0 saturated carbocycles. The van der Waals surface area contributed by atoms with Crippen molar-refractivity contribution in [3.05, 3.63) is 96.6 Å². The Kier molecular flexibility index (Phi) is 2.96. The Bertz CT molecular complexity index is 1350. The van der Waals surface area contributed by atoms with Crippen molar-refractivity contribution in [1.82, 2.24) is 4.57 Å². The topological polar surface area (TPSA) is 4.93 Å². The highest BCUT2D eigenvalue weighted by Gasteiger charge is 2.32. The molecule has 0 N–H and O–H groups in total. The van der Waals surface area contributed by atoms with Crippen molar-refractivity contribution in [1.29, 1.82) is 0 Å². The minimum Gasteiger partial charge on any atom is -0.310 e. The number of fused-ring (bicyclic) bond motifs is 5. The van der Waals surface area contributed by atoms with Gasteiger partial charge in [0.25, 0.3) is 0 Å². The summed E-state index contributed by atoms with van der Waals surface area (Å²) in [6, 6.07) is 33.4. The maximum atomic E-state index is 2.46. The van der Waals surface area contributed by atoms with Crippen LogP contribution in [0, 0.1) is 6.92 Å². The largest absolute Gasteiger partial charge is 0.310 e. The summed E-state index contributed by atoms with van der Waals surface area (Å²) in [5, 5.41) is 2.67. The molecule has 1 aromatic heterocycles. The van der Waals surface area contributed by atoms with Crippen LogP contribution < -0.4 is 16.4 Å². The molecule has 5 aromatic rings. The van der Waals surface area contributed by atoms with E-state index in [9.17, 15) is 0 Å². The first-order valence-electron chi connectivity index (χ1n) is 9.51. The summed E-state index contributed by atoms with van der Waals surface area (Å²) in [7, 11) is 0. The number of benzene rings is 4. The molecule has 1 nitrogen and oxygen atoms in total. The van der Waals surface area contributed by atoms with E-state index in [2.05, 4.69) is 102 Å². The quantitative estimate of drug-likeness (QED) is 0.399. The standard InChI is InChI=1S/C25H18BN/c1-17-8-6-9-18(16-17)26-21-12-3-5-15-24(21)27-23-14-4-2-10-19(23)20-11-7-13-22(26)25(20)27/h2-16H,1H3. The van der Waals surface area contributed by atoms with Crippen molar-refractivity contribution in [2.75, 3.05) is 0 Å². The first-order chi connectivity index (χ1) is 13.3. The molecule has 0 aliphatic carbocycles. The second-order valence-electron chi connectivity index (χ2n) is 7.50. The van der Waals surface area contributed by atoms with Crippen molar-refractivity contribution in [2.24, 2.45) is 0 Å². The Labute approximate surface area is 159 Å². The van der Waals surface area contributed by atoms with Gasteiger partial charge in [0.05, 0.1) is 5.52 Å². The van der Waals surface area contributed by atoms with E-state index in [1.54, 1.807) is 0 Å². The van der Waals surface area contributed by atoms with Gasteiger partial charge in [-0.2, -0.15) is 0 Å². The van der Waals surface area contributed by atoms with Gasteiger partial charge in [0.15, 0.2) is 0 Å². The molecule has 2 heteroatoms. The van der Waals surface area contributed by atoms with Gasteiger partial charge in [-0.25, -0.2) is 0 Å². The summed E-state index contributed by atoms with van der Waals surface area (Å²) in [6.45, 7) is 2.44. The van der Waals surface area contributed by atoms with E-state index in [1.807, 2.05) is 0 Å². The summed E-state index contributed by atoms with van der Waals surface area (Å²) in [6.07, 6.45) is 0. The minimum absolute atomic E-state index is 0.265. The molecule has 0 unspecified atom stereocenters. The van der Waals surface area contributed by atoms with Crippen LogP contribution in [0.2, 0.25) is 0 Å². The lowest BCUT2D eigenvalue weighted by Crippen LogP contribution is -2.55. The number of aromatic nitrogens is 1. The molecule has 27 heavy (non-hydrogen) atoms. The molecule has 0 bridgehead atoms. The molecule has 1 aliphatic rings. The monoisotopic (exact) mass is 343 g/mol. The van der Waals surface area contributed by atoms with Crippen molar-refractivity contribution >= 4 is 44.9 Å². The van der Waals surface area contributed by atoms with Gasteiger partial charge in [0.2, 0.25) is 6.71 Å². The normalized spacial score (nSPS) is 12.6. The first kappa shape index (κ1) is 14.9. The van der Waals surface area contributed by atoms with Gasteiger partial charge in [0.1, 0.15) is 0 Å². The Morgan fingerprint density at radius 2 is 1.41 bits per heavy atom. The molecule has 0 saturated heterocycles. The lowest BCUT2D eigenvalue weighted by Gasteiger charge is -2.27. The molecule has 6 rings (SSSR count). The number of aryl methyl sites for hydroxylation is 1. The molecule has 0 atom stereocenters. The maximum Gasteiger partial charge on any atom is 0.246 e. The van der Waals surface area contributed by atoms with Crippen LogP contribution in [0.1, 0.15) is 5.56 Å². The van der Waals surface area contributed by atoms with E-state index in [4.69, 9.17) is 0 Å². The van der Waals surface area contributed by atoms with Crippen LogP contribution in [0.3, 0.4) is 0 Å². The zero-order valence-electron chi connectivity index (χ0n) is 15.2. The Morgan fingerprint density at radius 3 is 2.33 bits per heavy atom. The zero-order valence-corrected chi connectivity index (χ0v) is 15.2. The number of nitrogens with zero attached hydrogens (tertiary/aromatic N) is 1. The summed E-state index contributed by atoms with van der Waals surface area (Å²) >= 11 is 0. The summed E-state index contributed by atoms with van der Waals surface area (Å²) in [5.41, 5.74) is 9.39. The molecule has 0 fully saturated rings. The van der Waals surface area contributed by atoms with Crippen LogP contribution in [-0.4, -0.2) is 11.3 Å². The van der Waals surface area contributed by atoms with Crippen LogP contribution in [0.15, 0.2) is 91.0 Å². The molecule has 0 spiro atoms. The summed E-state index contributed by atoms with van der Waals surface area (Å²) < 4.78 is 2.46. The van der Waals surface area contributed by atoms with Crippen molar-refractivity contribution in [3.8, 4) is 5.69 Å². The van der Waals surface area contributed by atoms with Gasteiger partial charge in [-0.05, 0) is 30.0 Å². The second-order valence-corrected chi connectivity index (χ2v) is 7.50. The van der Waals surface area contributed by atoms with Crippen LogP contribution in [-0.2, 0) is 0 Å². The molecule has 126 valence electrons. The van der Waals surface area contributed by atoms with Crippen LogP contribution >= 0.6 is 0 Å². The molecule has 1 aliphatic heterocycles. The molecule has 0 amide bonds. The minimum atomic E-state index is 0.265. The highest BCUT2D eigenvalue weighted by Crippen LogP contribution is 2.32. The lowest BCUT2D eigenvalue weighted by molar-refractivity contribution is 1.19. The van der Waals surface area contributed by atoms with E-state index < -0.39 is 0 Å². The summed E-state index contributed by atoms with van der Waals surface area (Å²) in [5.74, 6) is 0. The number of hydrogen-bond acceptors (Lipinski definition) is 0. The zero-order chi connectivity index (χ0) is 18.0.